The predicted molar refractivity (Wildman–Crippen MR) is 52.0 cm³/mol. The number of aliphatic hydroxyl groups excluding tert-OH is 1. The summed E-state index contributed by atoms with van der Waals surface area (Å²) in [5, 5.41) is 9.34. The highest BCUT2D eigenvalue weighted by Crippen LogP contribution is 2.48. The first-order chi connectivity index (χ1) is 5.41. The van der Waals surface area contributed by atoms with Crippen LogP contribution in [0.5, 0.6) is 0 Å². The van der Waals surface area contributed by atoms with Gasteiger partial charge < -0.3 is 5.11 Å². The molecule has 0 aromatic heterocycles. The first-order valence-corrected chi connectivity index (χ1v) is 4.68. The molecule has 0 bridgehead atoms. The topological polar surface area (TPSA) is 20.2 Å². The second-order valence-corrected chi connectivity index (χ2v) is 5.03. The van der Waals surface area contributed by atoms with Crippen LogP contribution < -0.4 is 0 Å². The minimum absolute atomic E-state index is 0.0759. The molecular weight excluding hydrogens is 148 g/mol. The van der Waals surface area contributed by atoms with E-state index < -0.39 is 0 Å². The zero-order valence-electron chi connectivity index (χ0n) is 8.65. The van der Waals surface area contributed by atoms with Gasteiger partial charge in [0.1, 0.15) is 0 Å². The van der Waals surface area contributed by atoms with E-state index in [0.29, 0.717) is 6.61 Å². The fraction of sp³-hybridized carbons (Fsp3) is 0.818. The van der Waals surface area contributed by atoms with Gasteiger partial charge in [-0.15, -0.1) is 0 Å². The molecule has 0 amide bonds. The first kappa shape index (κ1) is 9.79. The molecule has 0 aromatic carbocycles. The van der Waals surface area contributed by atoms with Gasteiger partial charge in [-0.1, -0.05) is 32.4 Å². The molecule has 1 heteroatoms. The number of hydrogen-bond donors (Lipinski definition) is 1. The van der Waals surface area contributed by atoms with E-state index >= 15 is 0 Å². The van der Waals surface area contributed by atoms with Crippen molar-refractivity contribution in [1.82, 2.24) is 0 Å². The third-order valence-corrected chi connectivity index (χ3v) is 3.60. The SMILES string of the molecule is CC1=CCC(C)(CO)C(C)(C)C1. The van der Waals surface area contributed by atoms with Crippen LogP contribution in [-0.2, 0) is 0 Å². The van der Waals surface area contributed by atoms with Gasteiger partial charge >= 0.3 is 0 Å². The molecular formula is C11H20O. The van der Waals surface area contributed by atoms with Gasteiger partial charge in [-0.3, -0.25) is 0 Å². The van der Waals surface area contributed by atoms with Crippen LogP contribution in [-0.4, -0.2) is 11.7 Å². The van der Waals surface area contributed by atoms with Crippen LogP contribution in [0.15, 0.2) is 11.6 Å². The summed E-state index contributed by atoms with van der Waals surface area (Å²) in [6.45, 7) is 9.15. The molecule has 0 radical (unpaired) electrons. The fourth-order valence-corrected chi connectivity index (χ4v) is 1.94. The van der Waals surface area contributed by atoms with Crippen LogP contribution in [0.2, 0.25) is 0 Å². The monoisotopic (exact) mass is 168 g/mol. The van der Waals surface area contributed by atoms with Gasteiger partial charge in [0.15, 0.2) is 0 Å². The van der Waals surface area contributed by atoms with E-state index in [1.807, 2.05) is 0 Å². The third-order valence-electron chi connectivity index (χ3n) is 3.60. The van der Waals surface area contributed by atoms with Crippen LogP contribution in [0.4, 0.5) is 0 Å². The Kier molecular flexibility index (Phi) is 2.35. The van der Waals surface area contributed by atoms with Crippen LogP contribution in [0.3, 0.4) is 0 Å². The van der Waals surface area contributed by atoms with Crippen LogP contribution in [0.1, 0.15) is 40.5 Å². The van der Waals surface area contributed by atoms with Gasteiger partial charge in [-0.2, -0.15) is 0 Å². The average molecular weight is 168 g/mol. The van der Waals surface area contributed by atoms with Gasteiger partial charge in [0.2, 0.25) is 0 Å². The van der Waals surface area contributed by atoms with Gasteiger partial charge in [0.05, 0.1) is 0 Å². The van der Waals surface area contributed by atoms with Crippen molar-refractivity contribution in [2.24, 2.45) is 10.8 Å². The normalized spacial score (nSPS) is 34.6. The quantitative estimate of drug-likeness (QED) is 0.597. The molecule has 0 saturated carbocycles. The summed E-state index contributed by atoms with van der Waals surface area (Å²) in [5.74, 6) is 0. The summed E-state index contributed by atoms with van der Waals surface area (Å²) in [6, 6.07) is 0. The average Bonchev–Trinajstić information content (AvgIpc) is 1.97. The van der Waals surface area contributed by atoms with Crippen molar-refractivity contribution >= 4 is 0 Å². The molecule has 1 nitrogen and oxygen atoms in total. The van der Waals surface area contributed by atoms with Crippen molar-refractivity contribution < 1.29 is 5.11 Å². The van der Waals surface area contributed by atoms with Gasteiger partial charge in [-0.25, -0.2) is 0 Å². The van der Waals surface area contributed by atoms with Crippen molar-refractivity contribution in [3.05, 3.63) is 11.6 Å². The molecule has 12 heavy (non-hydrogen) atoms. The van der Waals surface area contributed by atoms with E-state index in [4.69, 9.17) is 0 Å². The van der Waals surface area contributed by atoms with Crippen molar-refractivity contribution in [3.63, 3.8) is 0 Å². The summed E-state index contributed by atoms with van der Waals surface area (Å²) < 4.78 is 0. The highest BCUT2D eigenvalue weighted by atomic mass is 16.3. The minimum Gasteiger partial charge on any atom is -0.396 e. The Labute approximate surface area is 75.5 Å². The molecule has 0 heterocycles. The van der Waals surface area contributed by atoms with Gasteiger partial charge in [0, 0.05) is 6.61 Å². The van der Waals surface area contributed by atoms with Crippen molar-refractivity contribution in [3.8, 4) is 0 Å². The van der Waals surface area contributed by atoms with E-state index in [1.54, 1.807) is 0 Å². The molecule has 0 aliphatic heterocycles. The van der Waals surface area contributed by atoms with Gasteiger partial charge in [0.25, 0.3) is 0 Å². The van der Waals surface area contributed by atoms with Gasteiger partial charge in [-0.05, 0) is 30.6 Å². The Morgan fingerprint density at radius 2 is 2.00 bits per heavy atom. The Bertz CT molecular complexity index is 203. The summed E-state index contributed by atoms with van der Waals surface area (Å²) in [5.41, 5.74) is 1.78. The third kappa shape index (κ3) is 1.42. The molecule has 1 rings (SSSR count). The molecule has 0 fully saturated rings. The fourth-order valence-electron chi connectivity index (χ4n) is 1.94. The summed E-state index contributed by atoms with van der Waals surface area (Å²) in [7, 11) is 0. The maximum atomic E-state index is 9.34. The molecule has 0 spiro atoms. The largest absolute Gasteiger partial charge is 0.396 e. The van der Waals surface area contributed by atoms with Crippen molar-refractivity contribution in [2.45, 2.75) is 40.5 Å². The zero-order chi connectivity index (χ0) is 9.41. The van der Waals surface area contributed by atoms with E-state index in [9.17, 15) is 5.11 Å². The lowest BCUT2D eigenvalue weighted by Gasteiger charge is -2.46. The Morgan fingerprint density at radius 1 is 1.42 bits per heavy atom. The molecule has 1 N–H and O–H groups in total. The lowest BCUT2D eigenvalue weighted by Crippen LogP contribution is -2.40. The first-order valence-electron chi connectivity index (χ1n) is 4.68. The summed E-state index contributed by atoms with van der Waals surface area (Å²) >= 11 is 0. The van der Waals surface area contributed by atoms with E-state index in [0.717, 1.165) is 12.8 Å². The Hall–Kier alpha value is -0.300. The Balaban J connectivity index is 2.92. The molecule has 1 aliphatic rings. The molecule has 70 valence electrons. The van der Waals surface area contributed by atoms with Crippen LogP contribution in [0.25, 0.3) is 0 Å². The maximum Gasteiger partial charge on any atom is 0.0492 e. The number of aliphatic hydroxyl groups is 1. The number of rotatable bonds is 1. The Morgan fingerprint density at radius 3 is 2.42 bits per heavy atom. The van der Waals surface area contributed by atoms with Crippen molar-refractivity contribution in [2.75, 3.05) is 6.61 Å². The standard InChI is InChI=1S/C11H20O/c1-9-5-6-11(4,8-12)10(2,3)7-9/h5,12H,6-8H2,1-4H3. The number of hydrogen-bond acceptors (Lipinski definition) is 1. The minimum atomic E-state index is 0.0759. The molecule has 1 unspecified atom stereocenters. The lowest BCUT2D eigenvalue weighted by molar-refractivity contribution is 0.0153. The summed E-state index contributed by atoms with van der Waals surface area (Å²) in [6.07, 6.45) is 4.40. The van der Waals surface area contributed by atoms with E-state index in [-0.39, 0.29) is 10.8 Å². The lowest BCUT2D eigenvalue weighted by atomic mass is 9.60. The van der Waals surface area contributed by atoms with Crippen LogP contribution >= 0.6 is 0 Å². The second-order valence-electron chi connectivity index (χ2n) is 5.03. The van der Waals surface area contributed by atoms with E-state index in [2.05, 4.69) is 33.8 Å². The predicted octanol–water partition coefficient (Wildman–Crippen LogP) is 2.75. The van der Waals surface area contributed by atoms with E-state index in [1.165, 1.54) is 5.57 Å². The maximum absolute atomic E-state index is 9.34. The molecule has 1 atom stereocenters. The van der Waals surface area contributed by atoms with Crippen LogP contribution in [0, 0.1) is 10.8 Å². The summed E-state index contributed by atoms with van der Waals surface area (Å²) in [4.78, 5) is 0. The highest BCUT2D eigenvalue weighted by molar-refractivity contribution is 5.12. The van der Waals surface area contributed by atoms with Crippen molar-refractivity contribution in [1.29, 1.82) is 0 Å². The molecule has 0 aromatic rings. The zero-order valence-corrected chi connectivity index (χ0v) is 8.65. The molecule has 0 saturated heterocycles. The second kappa shape index (κ2) is 2.88. The smallest absolute Gasteiger partial charge is 0.0492 e. The highest BCUT2D eigenvalue weighted by Gasteiger charge is 2.41. The number of allylic oxidation sites excluding steroid dienone is 2. The molecule has 1 aliphatic carbocycles.